The molecule has 0 unspecified atom stereocenters. The second kappa shape index (κ2) is 9.29. The first kappa shape index (κ1) is 20.4. The Kier molecular flexibility index (Phi) is 6.32. The number of fused-ring (bicyclic) bond motifs is 1. The van der Waals surface area contributed by atoms with Crippen LogP contribution in [0.25, 0.3) is 21.9 Å². The highest BCUT2D eigenvalue weighted by atomic mass is 16.5. The summed E-state index contributed by atoms with van der Waals surface area (Å²) < 4.78 is 6.20. The maximum atomic E-state index is 12.2. The highest BCUT2D eigenvalue weighted by Crippen LogP contribution is 2.28. The molecule has 1 aliphatic heterocycles. The summed E-state index contributed by atoms with van der Waals surface area (Å²) in [5.41, 5.74) is 3.43. The zero-order valence-electron chi connectivity index (χ0n) is 17.9. The Morgan fingerprint density at radius 3 is 2.53 bits per heavy atom. The molecule has 0 saturated carbocycles. The van der Waals surface area contributed by atoms with Crippen LogP contribution in [-0.4, -0.2) is 35.0 Å². The van der Waals surface area contributed by atoms with Gasteiger partial charge in [0.05, 0.1) is 0 Å². The van der Waals surface area contributed by atoms with Crippen LogP contribution in [-0.2, 0) is 4.79 Å². The number of carbonyl (C=O) groups excluding carboxylic acids is 1. The molecule has 0 aliphatic carbocycles. The summed E-state index contributed by atoms with van der Waals surface area (Å²) in [6.07, 6.45) is 6.57. The summed E-state index contributed by atoms with van der Waals surface area (Å²) in [4.78, 5) is 18.5. The molecular formula is C26H30N2O2. The molecule has 2 heterocycles. The van der Waals surface area contributed by atoms with E-state index in [1.807, 2.05) is 18.0 Å². The van der Waals surface area contributed by atoms with E-state index in [4.69, 9.17) is 4.74 Å². The maximum absolute atomic E-state index is 12.2. The van der Waals surface area contributed by atoms with E-state index in [1.165, 1.54) is 21.9 Å². The lowest BCUT2D eigenvalue weighted by Gasteiger charge is -2.32. The summed E-state index contributed by atoms with van der Waals surface area (Å²) in [6.45, 7) is 5.77. The number of hydrogen-bond donors (Lipinski definition) is 0. The Bertz CT molecular complexity index is 1010. The monoisotopic (exact) mass is 402 g/mol. The summed E-state index contributed by atoms with van der Waals surface area (Å²) in [5, 5.41) is 2.40. The number of rotatable bonds is 6. The maximum Gasteiger partial charge on any atom is 0.222 e. The quantitative estimate of drug-likeness (QED) is 0.526. The number of unbranched alkanes of at least 4 members (excludes halogenated alkanes) is 1. The van der Waals surface area contributed by atoms with Crippen LogP contribution in [0.2, 0.25) is 0 Å². The number of aromatic nitrogens is 1. The minimum atomic E-state index is 0.183. The van der Waals surface area contributed by atoms with Crippen LogP contribution in [0.1, 0.15) is 44.7 Å². The number of ether oxygens (including phenoxy) is 1. The van der Waals surface area contributed by atoms with Crippen LogP contribution in [0.15, 0.2) is 54.7 Å². The van der Waals surface area contributed by atoms with E-state index >= 15 is 0 Å². The van der Waals surface area contributed by atoms with Gasteiger partial charge in [0.15, 0.2) is 0 Å². The standard InChI is InChI=1S/C26H30N2O2/c1-3-4-5-26(29)28-16-13-24(14-17-28)30-23-9-6-20(7-10-23)21-8-11-25-19(2)27-15-12-22(25)18-21/h6-12,15,18,24H,3-5,13-14,16-17H2,1-2H3. The van der Waals surface area contributed by atoms with Gasteiger partial charge in [0.25, 0.3) is 0 Å². The van der Waals surface area contributed by atoms with Gasteiger partial charge in [0.1, 0.15) is 11.9 Å². The van der Waals surface area contributed by atoms with Crippen LogP contribution in [0, 0.1) is 6.92 Å². The van der Waals surface area contributed by atoms with Crippen molar-refractivity contribution in [2.24, 2.45) is 0 Å². The summed E-state index contributed by atoms with van der Waals surface area (Å²) in [7, 11) is 0. The number of likely N-dealkylation sites (tertiary alicyclic amines) is 1. The number of pyridine rings is 1. The van der Waals surface area contributed by atoms with Crippen LogP contribution >= 0.6 is 0 Å². The molecule has 0 atom stereocenters. The van der Waals surface area contributed by atoms with E-state index in [2.05, 4.69) is 60.4 Å². The van der Waals surface area contributed by atoms with Crippen LogP contribution in [0.4, 0.5) is 0 Å². The number of carbonyl (C=O) groups is 1. The molecule has 3 aromatic rings. The van der Waals surface area contributed by atoms with Crippen molar-refractivity contribution in [2.45, 2.75) is 52.1 Å². The fraction of sp³-hybridized carbons (Fsp3) is 0.385. The third kappa shape index (κ3) is 4.64. The molecule has 1 saturated heterocycles. The van der Waals surface area contributed by atoms with E-state index in [0.717, 1.165) is 50.2 Å². The second-order valence-corrected chi connectivity index (χ2v) is 8.16. The number of benzene rings is 2. The SMILES string of the molecule is CCCCC(=O)N1CCC(Oc2ccc(-c3ccc4c(C)nccc4c3)cc2)CC1. The highest BCUT2D eigenvalue weighted by molar-refractivity contribution is 5.88. The van der Waals surface area contributed by atoms with E-state index in [0.29, 0.717) is 12.3 Å². The van der Waals surface area contributed by atoms with E-state index in [1.54, 1.807) is 0 Å². The highest BCUT2D eigenvalue weighted by Gasteiger charge is 2.23. The van der Waals surface area contributed by atoms with Crippen molar-refractivity contribution in [2.75, 3.05) is 13.1 Å². The van der Waals surface area contributed by atoms with Gasteiger partial charge >= 0.3 is 0 Å². The number of piperidine rings is 1. The zero-order chi connectivity index (χ0) is 20.9. The van der Waals surface area contributed by atoms with Gasteiger partial charge in [-0.1, -0.05) is 37.6 Å². The largest absolute Gasteiger partial charge is 0.490 e. The minimum Gasteiger partial charge on any atom is -0.490 e. The molecule has 0 radical (unpaired) electrons. The van der Waals surface area contributed by atoms with Crippen molar-refractivity contribution in [1.29, 1.82) is 0 Å². The van der Waals surface area contributed by atoms with Crippen LogP contribution in [0.5, 0.6) is 5.75 Å². The molecule has 1 amide bonds. The Labute approximate surface area is 178 Å². The van der Waals surface area contributed by atoms with Gasteiger partial charge in [0, 0.05) is 49.6 Å². The van der Waals surface area contributed by atoms with Crippen molar-refractivity contribution in [3.05, 3.63) is 60.4 Å². The van der Waals surface area contributed by atoms with E-state index in [9.17, 15) is 4.79 Å². The molecule has 30 heavy (non-hydrogen) atoms. The molecule has 0 N–H and O–H groups in total. The van der Waals surface area contributed by atoms with Gasteiger partial charge in [-0.05, 0) is 54.1 Å². The van der Waals surface area contributed by atoms with Gasteiger partial charge in [-0.2, -0.15) is 0 Å². The van der Waals surface area contributed by atoms with Crippen molar-refractivity contribution in [1.82, 2.24) is 9.88 Å². The molecule has 4 rings (SSSR count). The fourth-order valence-electron chi connectivity index (χ4n) is 4.14. The third-order valence-corrected chi connectivity index (χ3v) is 5.99. The lowest BCUT2D eigenvalue weighted by molar-refractivity contribution is -0.133. The number of aryl methyl sites for hydroxylation is 1. The Morgan fingerprint density at radius 2 is 1.80 bits per heavy atom. The minimum absolute atomic E-state index is 0.183. The first-order valence-corrected chi connectivity index (χ1v) is 11.0. The lowest BCUT2D eigenvalue weighted by Crippen LogP contribution is -2.41. The zero-order valence-corrected chi connectivity index (χ0v) is 17.9. The fourth-order valence-corrected chi connectivity index (χ4v) is 4.14. The summed E-state index contributed by atoms with van der Waals surface area (Å²) >= 11 is 0. The molecule has 2 aromatic carbocycles. The third-order valence-electron chi connectivity index (χ3n) is 5.99. The molecule has 1 fully saturated rings. The summed E-state index contributed by atoms with van der Waals surface area (Å²) in [5.74, 6) is 1.19. The molecule has 4 nitrogen and oxygen atoms in total. The average Bonchev–Trinajstić information content (AvgIpc) is 2.78. The lowest BCUT2D eigenvalue weighted by atomic mass is 10.0. The average molecular weight is 403 g/mol. The van der Waals surface area contributed by atoms with Gasteiger partial charge in [-0.15, -0.1) is 0 Å². The molecule has 156 valence electrons. The first-order chi connectivity index (χ1) is 14.6. The van der Waals surface area contributed by atoms with E-state index < -0.39 is 0 Å². The molecule has 1 aromatic heterocycles. The normalized spacial score (nSPS) is 14.8. The molecule has 1 aliphatic rings. The predicted molar refractivity (Wildman–Crippen MR) is 122 cm³/mol. The van der Waals surface area contributed by atoms with Crippen LogP contribution < -0.4 is 4.74 Å². The number of hydrogen-bond acceptors (Lipinski definition) is 3. The second-order valence-electron chi connectivity index (χ2n) is 8.16. The van der Waals surface area contributed by atoms with Crippen molar-refractivity contribution < 1.29 is 9.53 Å². The first-order valence-electron chi connectivity index (χ1n) is 11.0. The molecular weight excluding hydrogens is 372 g/mol. The number of nitrogens with zero attached hydrogens (tertiary/aromatic N) is 2. The Morgan fingerprint density at radius 1 is 1.07 bits per heavy atom. The Balaban J connectivity index is 1.36. The predicted octanol–water partition coefficient (Wildman–Crippen LogP) is 5.77. The molecule has 4 heteroatoms. The van der Waals surface area contributed by atoms with Gasteiger partial charge < -0.3 is 9.64 Å². The van der Waals surface area contributed by atoms with Crippen LogP contribution in [0.3, 0.4) is 0 Å². The van der Waals surface area contributed by atoms with Crippen molar-refractivity contribution >= 4 is 16.7 Å². The van der Waals surface area contributed by atoms with Crippen molar-refractivity contribution in [3.8, 4) is 16.9 Å². The molecule has 0 spiro atoms. The summed E-state index contributed by atoms with van der Waals surface area (Å²) in [6, 6.07) is 16.9. The number of amides is 1. The van der Waals surface area contributed by atoms with Gasteiger partial charge in [0.2, 0.25) is 5.91 Å². The van der Waals surface area contributed by atoms with E-state index in [-0.39, 0.29) is 6.10 Å². The van der Waals surface area contributed by atoms with Crippen molar-refractivity contribution in [3.63, 3.8) is 0 Å². The van der Waals surface area contributed by atoms with Gasteiger partial charge in [-0.3, -0.25) is 9.78 Å². The van der Waals surface area contributed by atoms with Gasteiger partial charge in [-0.25, -0.2) is 0 Å². The topological polar surface area (TPSA) is 42.4 Å². The Hall–Kier alpha value is -2.88. The molecule has 0 bridgehead atoms. The smallest absolute Gasteiger partial charge is 0.222 e.